The molecular weight excluding hydrogens is 270 g/mol. The van der Waals surface area contributed by atoms with E-state index in [0.717, 1.165) is 19.3 Å². The van der Waals surface area contributed by atoms with Crippen LogP contribution in [0.15, 0.2) is 0 Å². The summed E-state index contributed by atoms with van der Waals surface area (Å²) in [6.07, 6.45) is 2.38. The normalized spacial score (nSPS) is 19.0. The molecule has 1 rings (SSSR count). The summed E-state index contributed by atoms with van der Waals surface area (Å²) in [7, 11) is 0. The van der Waals surface area contributed by atoms with Crippen LogP contribution in [0.2, 0.25) is 0 Å². The fourth-order valence-corrected chi connectivity index (χ4v) is 2.34. The molecule has 1 fully saturated rings. The summed E-state index contributed by atoms with van der Waals surface area (Å²) in [6, 6.07) is 0.263. The highest BCUT2D eigenvalue weighted by Crippen LogP contribution is 2.12. The number of likely N-dealkylation sites (tertiary alicyclic amines) is 1. The zero-order valence-electron chi connectivity index (χ0n) is 13.6. The van der Waals surface area contributed by atoms with E-state index >= 15 is 0 Å². The second kappa shape index (κ2) is 8.87. The van der Waals surface area contributed by atoms with E-state index in [1.165, 1.54) is 0 Å². The van der Waals surface area contributed by atoms with Crippen LogP contribution in [-0.4, -0.2) is 54.7 Å². The quantitative estimate of drug-likeness (QED) is 0.780. The third kappa shape index (κ3) is 5.91. The van der Waals surface area contributed by atoms with Crippen molar-refractivity contribution >= 4 is 12.0 Å². The van der Waals surface area contributed by atoms with Crippen molar-refractivity contribution < 1.29 is 14.3 Å². The lowest BCUT2D eigenvalue weighted by molar-refractivity contribution is -0.123. The van der Waals surface area contributed by atoms with Crippen molar-refractivity contribution in [1.29, 1.82) is 0 Å². The SMILES string of the molecule is CCOC(=O)N1CCC(NC(C)C(=O)NC(C)CC)CC1. The van der Waals surface area contributed by atoms with E-state index in [1.807, 2.05) is 27.7 Å². The van der Waals surface area contributed by atoms with Gasteiger partial charge in [0, 0.05) is 25.2 Å². The van der Waals surface area contributed by atoms with Crippen molar-refractivity contribution in [1.82, 2.24) is 15.5 Å². The summed E-state index contributed by atoms with van der Waals surface area (Å²) >= 11 is 0. The van der Waals surface area contributed by atoms with Crippen molar-refractivity contribution in [3.8, 4) is 0 Å². The van der Waals surface area contributed by atoms with E-state index in [0.29, 0.717) is 19.7 Å². The van der Waals surface area contributed by atoms with Crippen molar-refractivity contribution in [3.63, 3.8) is 0 Å². The molecule has 21 heavy (non-hydrogen) atoms. The molecule has 1 aliphatic heterocycles. The Morgan fingerprint density at radius 2 is 1.86 bits per heavy atom. The minimum atomic E-state index is -0.237. The number of amides is 2. The number of carbonyl (C=O) groups excluding carboxylic acids is 2. The molecule has 122 valence electrons. The summed E-state index contributed by atoms with van der Waals surface area (Å²) < 4.78 is 4.99. The number of ether oxygens (including phenoxy) is 1. The molecule has 0 aromatic rings. The van der Waals surface area contributed by atoms with Crippen molar-refractivity contribution in [2.24, 2.45) is 0 Å². The molecule has 2 atom stereocenters. The molecule has 2 unspecified atom stereocenters. The molecule has 0 aliphatic carbocycles. The van der Waals surface area contributed by atoms with Gasteiger partial charge in [-0.1, -0.05) is 6.92 Å². The van der Waals surface area contributed by atoms with E-state index in [2.05, 4.69) is 10.6 Å². The smallest absolute Gasteiger partial charge is 0.409 e. The van der Waals surface area contributed by atoms with Crippen molar-refractivity contribution in [2.45, 2.75) is 65.1 Å². The Bertz CT molecular complexity index is 341. The number of nitrogens with zero attached hydrogens (tertiary/aromatic N) is 1. The van der Waals surface area contributed by atoms with Gasteiger partial charge < -0.3 is 20.3 Å². The number of carbonyl (C=O) groups is 2. The summed E-state index contributed by atoms with van der Waals surface area (Å²) in [5.74, 6) is 0.0390. The number of nitrogens with one attached hydrogen (secondary N) is 2. The van der Waals surface area contributed by atoms with Gasteiger partial charge in [-0.3, -0.25) is 4.79 Å². The molecule has 0 radical (unpaired) electrons. The maximum absolute atomic E-state index is 12.0. The van der Waals surface area contributed by atoms with E-state index < -0.39 is 0 Å². The van der Waals surface area contributed by atoms with Crippen LogP contribution in [0.4, 0.5) is 4.79 Å². The summed E-state index contributed by atoms with van der Waals surface area (Å²) in [5.41, 5.74) is 0. The molecular formula is C15H29N3O3. The Morgan fingerprint density at radius 3 is 2.38 bits per heavy atom. The van der Waals surface area contributed by atoms with Crippen LogP contribution in [0.25, 0.3) is 0 Å². The second-order valence-corrected chi connectivity index (χ2v) is 5.67. The third-order valence-electron chi connectivity index (χ3n) is 3.90. The number of hydrogen-bond acceptors (Lipinski definition) is 4. The van der Waals surface area contributed by atoms with Gasteiger partial charge in [-0.05, 0) is 40.0 Å². The molecule has 1 aliphatic rings. The average molecular weight is 299 g/mol. The molecule has 0 aromatic carbocycles. The largest absolute Gasteiger partial charge is 0.450 e. The Balaban J connectivity index is 2.31. The molecule has 2 amide bonds. The van der Waals surface area contributed by atoms with Gasteiger partial charge in [0.25, 0.3) is 0 Å². The van der Waals surface area contributed by atoms with Crippen LogP contribution in [-0.2, 0) is 9.53 Å². The Morgan fingerprint density at radius 1 is 1.24 bits per heavy atom. The highest BCUT2D eigenvalue weighted by molar-refractivity contribution is 5.81. The summed E-state index contributed by atoms with van der Waals surface area (Å²) in [6.45, 7) is 9.51. The topological polar surface area (TPSA) is 70.7 Å². The lowest BCUT2D eigenvalue weighted by atomic mass is 10.0. The molecule has 0 bridgehead atoms. The Hall–Kier alpha value is -1.30. The van der Waals surface area contributed by atoms with Gasteiger partial charge in [-0.25, -0.2) is 4.79 Å². The average Bonchev–Trinajstić information content (AvgIpc) is 2.47. The fourth-order valence-electron chi connectivity index (χ4n) is 2.34. The van der Waals surface area contributed by atoms with Crippen LogP contribution in [0.1, 0.15) is 47.0 Å². The minimum Gasteiger partial charge on any atom is -0.450 e. The highest BCUT2D eigenvalue weighted by Gasteiger charge is 2.25. The third-order valence-corrected chi connectivity index (χ3v) is 3.90. The van der Waals surface area contributed by atoms with Gasteiger partial charge in [0.15, 0.2) is 0 Å². The number of hydrogen-bond donors (Lipinski definition) is 2. The van der Waals surface area contributed by atoms with Crippen LogP contribution in [0.3, 0.4) is 0 Å². The van der Waals surface area contributed by atoms with Gasteiger partial charge in [0.2, 0.25) is 5.91 Å². The molecule has 0 spiro atoms. The van der Waals surface area contributed by atoms with Crippen LogP contribution < -0.4 is 10.6 Å². The predicted octanol–water partition coefficient (Wildman–Crippen LogP) is 1.50. The number of piperidine rings is 1. The molecule has 0 saturated carbocycles. The lowest BCUT2D eigenvalue weighted by Crippen LogP contribution is -2.52. The first-order chi connectivity index (χ1) is 9.97. The minimum absolute atomic E-state index is 0.0390. The molecule has 6 nitrogen and oxygen atoms in total. The summed E-state index contributed by atoms with van der Waals surface area (Å²) in [5, 5.41) is 6.33. The van der Waals surface area contributed by atoms with Gasteiger partial charge in [-0.2, -0.15) is 0 Å². The predicted molar refractivity (Wildman–Crippen MR) is 82.1 cm³/mol. The maximum atomic E-state index is 12.0. The monoisotopic (exact) mass is 299 g/mol. The maximum Gasteiger partial charge on any atom is 0.409 e. The first kappa shape index (κ1) is 17.8. The molecule has 1 heterocycles. The molecule has 1 saturated heterocycles. The summed E-state index contributed by atoms with van der Waals surface area (Å²) in [4.78, 5) is 25.3. The first-order valence-corrected chi connectivity index (χ1v) is 7.96. The fraction of sp³-hybridized carbons (Fsp3) is 0.867. The number of rotatable bonds is 6. The Labute approximate surface area is 127 Å². The van der Waals surface area contributed by atoms with Gasteiger partial charge >= 0.3 is 6.09 Å². The standard InChI is InChI=1S/C15H29N3O3/c1-5-11(3)16-14(19)12(4)17-13-7-9-18(10-8-13)15(20)21-6-2/h11-13,17H,5-10H2,1-4H3,(H,16,19). The van der Waals surface area contributed by atoms with Gasteiger partial charge in [-0.15, -0.1) is 0 Å². The van der Waals surface area contributed by atoms with E-state index in [1.54, 1.807) is 4.90 Å². The molecule has 6 heteroatoms. The second-order valence-electron chi connectivity index (χ2n) is 5.67. The van der Waals surface area contributed by atoms with E-state index in [9.17, 15) is 9.59 Å². The molecule has 2 N–H and O–H groups in total. The lowest BCUT2D eigenvalue weighted by Gasteiger charge is -2.33. The van der Waals surface area contributed by atoms with Gasteiger partial charge in [0.05, 0.1) is 12.6 Å². The Kier molecular flexibility index (Phi) is 7.50. The first-order valence-electron chi connectivity index (χ1n) is 7.96. The van der Waals surface area contributed by atoms with Gasteiger partial charge in [0.1, 0.15) is 0 Å². The van der Waals surface area contributed by atoms with Crippen LogP contribution in [0, 0.1) is 0 Å². The van der Waals surface area contributed by atoms with Crippen molar-refractivity contribution in [2.75, 3.05) is 19.7 Å². The van der Waals surface area contributed by atoms with E-state index in [4.69, 9.17) is 4.74 Å². The van der Waals surface area contributed by atoms with Crippen molar-refractivity contribution in [3.05, 3.63) is 0 Å². The van der Waals surface area contributed by atoms with Crippen LogP contribution in [0.5, 0.6) is 0 Å². The molecule has 0 aromatic heterocycles. The highest BCUT2D eigenvalue weighted by atomic mass is 16.6. The van der Waals surface area contributed by atoms with Crippen LogP contribution >= 0.6 is 0 Å². The van der Waals surface area contributed by atoms with E-state index in [-0.39, 0.29) is 30.1 Å². The zero-order valence-corrected chi connectivity index (χ0v) is 13.6. The zero-order chi connectivity index (χ0) is 15.8.